The van der Waals surface area contributed by atoms with Crippen LogP contribution >= 0.6 is 0 Å². The number of carbonyl (C=O) groups excluding carboxylic acids is 1. The summed E-state index contributed by atoms with van der Waals surface area (Å²) in [6.07, 6.45) is 1.69. The minimum absolute atomic E-state index is 0.0792. The summed E-state index contributed by atoms with van der Waals surface area (Å²) in [6, 6.07) is 17.1. The lowest BCUT2D eigenvalue weighted by Crippen LogP contribution is -2.42. The van der Waals surface area contributed by atoms with Gasteiger partial charge in [0, 0.05) is 31.1 Å². The molecule has 0 radical (unpaired) electrons. The van der Waals surface area contributed by atoms with Gasteiger partial charge in [0.2, 0.25) is 5.91 Å². The Morgan fingerprint density at radius 2 is 1.53 bits per heavy atom. The van der Waals surface area contributed by atoms with Crippen LogP contribution in [0.25, 0.3) is 0 Å². The molecule has 1 aliphatic heterocycles. The molecule has 2 aromatic carbocycles. The van der Waals surface area contributed by atoms with Gasteiger partial charge in [0.25, 0.3) is 0 Å². The van der Waals surface area contributed by atoms with Gasteiger partial charge in [0.15, 0.2) is 0 Å². The lowest BCUT2D eigenvalue weighted by molar-refractivity contribution is -0.159. The number of hydrogen-bond acceptors (Lipinski definition) is 4. The summed E-state index contributed by atoms with van der Waals surface area (Å²) >= 11 is 0. The number of rotatable bonds is 6. The number of carbonyl (C=O) groups is 3. The van der Waals surface area contributed by atoms with E-state index in [0.29, 0.717) is 13.1 Å². The van der Waals surface area contributed by atoms with E-state index < -0.39 is 11.9 Å². The Bertz CT molecular complexity index is 886. The molecule has 3 rings (SSSR count). The first-order valence-electron chi connectivity index (χ1n) is 10.6. The third-order valence-corrected chi connectivity index (χ3v) is 5.38. The minimum Gasteiger partial charge on any atom is -0.473 e. The fraction of sp³-hybridized carbons (Fsp3) is 0.375. The summed E-state index contributed by atoms with van der Waals surface area (Å²) in [5, 5.41) is 14.8. The lowest BCUT2D eigenvalue weighted by Gasteiger charge is -2.34. The number of benzene rings is 2. The van der Waals surface area contributed by atoms with E-state index >= 15 is 0 Å². The molecule has 1 aliphatic rings. The van der Waals surface area contributed by atoms with Crippen molar-refractivity contribution in [3.05, 3.63) is 71.5 Å². The van der Waals surface area contributed by atoms with E-state index in [1.807, 2.05) is 42.2 Å². The van der Waals surface area contributed by atoms with Gasteiger partial charge in [-0.2, -0.15) is 0 Å². The molecular formula is C24H29FN2O5. The second kappa shape index (κ2) is 12.6. The van der Waals surface area contributed by atoms with Crippen molar-refractivity contribution in [3.63, 3.8) is 0 Å². The Kier molecular flexibility index (Phi) is 9.81. The van der Waals surface area contributed by atoms with Crippen molar-refractivity contribution >= 4 is 17.8 Å². The van der Waals surface area contributed by atoms with Crippen molar-refractivity contribution in [1.29, 1.82) is 0 Å². The number of halogens is 1. The van der Waals surface area contributed by atoms with Gasteiger partial charge in [0.1, 0.15) is 5.82 Å². The van der Waals surface area contributed by atoms with Crippen molar-refractivity contribution < 1.29 is 29.0 Å². The molecule has 0 atom stereocenters. The number of likely N-dealkylation sites (tertiary alicyclic amines) is 1. The van der Waals surface area contributed by atoms with Crippen molar-refractivity contribution in [2.45, 2.75) is 32.9 Å². The van der Waals surface area contributed by atoms with Crippen LogP contribution < -0.4 is 0 Å². The van der Waals surface area contributed by atoms with Crippen LogP contribution in [-0.2, 0) is 27.5 Å². The second-order valence-corrected chi connectivity index (χ2v) is 7.59. The summed E-state index contributed by atoms with van der Waals surface area (Å²) in [6.45, 7) is 5.74. The average molecular weight is 445 g/mol. The highest BCUT2D eigenvalue weighted by atomic mass is 19.1. The number of hydrogen-bond donors (Lipinski definition) is 2. The fourth-order valence-corrected chi connectivity index (χ4v) is 3.61. The van der Waals surface area contributed by atoms with E-state index in [0.717, 1.165) is 38.0 Å². The molecule has 0 aromatic heterocycles. The molecule has 1 amide bonds. The van der Waals surface area contributed by atoms with Gasteiger partial charge in [0.05, 0.1) is 0 Å². The maximum atomic E-state index is 13.8. The quantitative estimate of drug-likeness (QED) is 0.664. The number of carboxylic acid groups (broad SMARTS) is 2. The van der Waals surface area contributed by atoms with Crippen LogP contribution in [0.3, 0.4) is 0 Å². The average Bonchev–Trinajstić information content (AvgIpc) is 2.80. The molecular weight excluding hydrogens is 415 g/mol. The van der Waals surface area contributed by atoms with Gasteiger partial charge in [-0.1, -0.05) is 48.5 Å². The molecule has 0 saturated carbocycles. The van der Waals surface area contributed by atoms with Crippen LogP contribution in [0.1, 0.15) is 30.9 Å². The maximum absolute atomic E-state index is 13.8. The Morgan fingerprint density at radius 1 is 0.969 bits per heavy atom. The van der Waals surface area contributed by atoms with Crippen LogP contribution in [0, 0.1) is 11.7 Å². The molecule has 0 aliphatic carbocycles. The lowest BCUT2D eigenvalue weighted by atomic mass is 9.94. The van der Waals surface area contributed by atoms with Crippen LogP contribution in [0.2, 0.25) is 0 Å². The summed E-state index contributed by atoms with van der Waals surface area (Å²) in [5.74, 6) is -3.46. The van der Waals surface area contributed by atoms with E-state index in [2.05, 4.69) is 17.0 Å². The van der Waals surface area contributed by atoms with Crippen LogP contribution in [0.4, 0.5) is 4.39 Å². The van der Waals surface area contributed by atoms with Crippen LogP contribution in [0.15, 0.2) is 54.6 Å². The van der Waals surface area contributed by atoms with Crippen molar-refractivity contribution in [2.24, 2.45) is 5.92 Å². The summed E-state index contributed by atoms with van der Waals surface area (Å²) in [7, 11) is 0. The first kappa shape index (κ1) is 25.0. The fourth-order valence-electron chi connectivity index (χ4n) is 3.61. The third-order valence-electron chi connectivity index (χ3n) is 5.38. The monoisotopic (exact) mass is 444 g/mol. The Balaban J connectivity index is 0.000000534. The van der Waals surface area contributed by atoms with E-state index in [1.54, 1.807) is 6.07 Å². The smallest absolute Gasteiger partial charge is 0.414 e. The summed E-state index contributed by atoms with van der Waals surface area (Å²) in [5.41, 5.74) is 1.90. The molecule has 2 N–H and O–H groups in total. The van der Waals surface area contributed by atoms with Gasteiger partial charge >= 0.3 is 11.9 Å². The Labute approximate surface area is 187 Å². The van der Waals surface area contributed by atoms with E-state index in [-0.39, 0.29) is 17.6 Å². The number of carboxylic acids is 2. The molecule has 8 heteroatoms. The third kappa shape index (κ3) is 7.77. The molecule has 0 bridgehead atoms. The number of aliphatic carboxylic acids is 2. The number of amides is 1. The second-order valence-electron chi connectivity index (χ2n) is 7.59. The van der Waals surface area contributed by atoms with Crippen LogP contribution in [0.5, 0.6) is 0 Å². The molecule has 32 heavy (non-hydrogen) atoms. The minimum atomic E-state index is -1.82. The number of nitrogens with zero attached hydrogens (tertiary/aromatic N) is 2. The first-order valence-corrected chi connectivity index (χ1v) is 10.6. The van der Waals surface area contributed by atoms with Gasteiger partial charge in [-0.3, -0.25) is 9.69 Å². The largest absolute Gasteiger partial charge is 0.473 e. The summed E-state index contributed by atoms with van der Waals surface area (Å²) < 4.78 is 13.8. The van der Waals surface area contributed by atoms with Gasteiger partial charge in [-0.05, 0) is 44.5 Å². The molecule has 0 unspecified atom stereocenters. The zero-order valence-electron chi connectivity index (χ0n) is 18.1. The van der Waals surface area contributed by atoms with E-state index in [4.69, 9.17) is 19.8 Å². The highest BCUT2D eigenvalue weighted by Crippen LogP contribution is 2.22. The Morgan fingerprint density at radius 3 is 2.06 bits per heavy atom. The molecule has 2 aromatic rings. The first-order chi connectivity index (χ1) is 15.3. The van der Waals surface area contributed by atoms with Gasteiger partial charge in [-0.15, -0.1) is 0 Å². The van der Waals surface area contributed by atoms with Gasteiger partial charge in [-0.25, -0.2) is 14.0 Å². The molecule has 1 heterocycles. The van der Waals surface area contributed by atoms with Crippen molar-refractivity contribution in [1.82, 2.24) is 9.80 Å². The molecule has 1 saturated heterocycles. The van der Waals surface area contributed by atoms with Crippen molar-refractivity contribution in [2.75, 3.05) is 19.6 Å². The predicted octanol–water partition coefficient (Wildman–Crippen LogP) is 3.24. The standard InChI is InChI=1S/C22H27FN2O.C2H2O4/c1-2-25(16-18-8-4-3-5-9-18)22(26)19-12-14-24(15-13-19)17-20-10-6-7-11-21(20)23;3-1(4)2(5)6/h3-11,19H,2,12-17H2,1H3;(H,3,4)(H,5,6). The number of piperidine rings is 1. The molecule has 7 nitrogen and oxygen atoms in total. The molecule has 172 valence electrons. The molecule has 1 fully saturated rings. The van der Waals surface area contributed by atoms with Crippen LogP contribution in [-0.4, -0.2) is 57.5 Å². The highest BCUT2D eigenvalue weighted by molar-refractivity contribution is 6.27. The zero-order chi connectivity index (χ0) is 23.5. The van der Waals surface area contributed by atoms with E-state index in [9.17, 15) is 9.18 Å². The topological polar surface area (TPSA) is 98.2 Å². The maximum Gasteiger partial charge on any atom is 0.414 e. The van der Waals surface area contributed by atoms with Gasteiger partial charge < -0.3 is 15.1 Å². The summed E-state index contributed by atoms with van der Waals surface area (Å²) in [4.78, 5) is 35.3. The highest BCUT2D eigenvalue weighted by Gasteiger charge is 2.28. The van der Waals surface area contributed by atoms with Crippen molar-refractivity contribution in [3.8, 4) is 0 Å². The normalized spacial score (nSPS) is 14.2. The zero-order valence-corrected chi connectivity index (χ0v) is 18.1. The SMILES string of the molecule is CCN(Cc1ccccc1)C(=O)C1CCN(Cc2ccccc2F)CC1.O=C(O)C(=O)O. The van der Waals surface area contributed by atoms with E-state index in [1.165, 1.54) is 11.6 Å². The predicted molar refractivity (Wildman–Crippen MR) is 117 cm³/mol. The molecule has 0 spiro atoms. The Hall–Kier alpha value is -3.26.